The van der Waals surface area contributed by atoms with Gasteiger partial charge in [0.25, 0.3) is 0 Å². The molecule has 302 valence electrons. The Labute approximate surface area is 317 Å². The van der Waals surface area contributed by atoms with E-state index in [4.69, 9.17) is 24.3 Å². The second-order valence-corrected chi connectivity index (χ2v) is 14.9. The van der Waals surface area contributed by atoms with Crippen molar-refractivity contribution in [3.8, 4) is 0 Å². The summed E-state index contributed by atoms with van der Waals surface area (Å²) in [5.41, 5.74) is 5.34. The van der Waals surface area contributed by atoms with Gasteiger partial charge in [-0.1, -0.05) is 140 Å². The maximum atomic E-state index is 12.5. The first-order valence-corrected chi connectivity index (χ1v) is 22.1. The summed E-state index contributed by atoms with van der Waals surface area (Å²) in [6.07, 6.45) is 42.8. The average Bonchev–Trinajstić information content (AvgIpc) is 3.13. The van der Waals surface area contributed by atoms with E-state index >= 15 is 0 Å². The summed E-state index contributed by atoms with van der Waals surface area (Å²) in [6.45, 7) is 3.63. The molecule has 0 aromatic rings. The number of esters is 2. The molecule has 0 heterocycles. The van der Waals surface area contributed by atoms with Gasteiger partial charge >= 0.3 is 19.8 Å². The van der Waals surface area contributed by atoms with Crippen molar-refractivity contribution in [1.29, 1.82) is 0 Å². The maximum absolute atomic E-state index is 12.5. The van der Waals surface area contributed by atoms with Crippen LogP contribution >= 0.6 is 7.82 Å². The number of carbonyl (C=O) groups is 2. The average molecular weight is 754 g/mol. The van der Waals surface area contributed by atoms with Crippen LogP contribution in [0.3, 0.4) is 0 Å². The first kappa shape index (κ1) is 50.0. The minimum absolute atomic E-state index is 0.0482. The number of carbonyl (C=O) groups excluding carboxylic acids is 2. The Morgan fingerprint density at radius 1 is 0.577 bits per heavy atom. The van der Waals surface area contributed by atoms with E-state index in [1.807, 2.05) is 0 Å². The van der Waals surface area contributed by atoms with E-state index in [0.717, 1.165) is 83.5 Å². The highest BCUT2D eigenvalue weighted by Gasteiger charge is 2.25. The summed E-state index contributed by atoms with van der Waals surface area (Å²) < 4.78 is 32.7. The highest BCUT2D eigenvalue weighted by molar-refractivity contribution is 7.47. The lowest BCUT2D eigenvalue weighted by Gasteiger charge is -2.19. The summed E-state index contributed by atoms with van der Waals surface area (Å²) in [6, 6.07) is 0. The molecule has 0 rings (SSSR count). The van der Waals surface area contributed by atoms with Crippen molar-refractivity contribution in [3.05, 3.63) is 48.6 Å². The van der Waals surface area contributed by atoms with Crippen LogP contribution in [-0.2, 0) is 32.7 Å². The third-order valence-corrected chi connectivity index (χ3v) is 9.42. The number of phosphoric acid groups is 1. The lowest BCUT2D eigenvalue weighted by molar-refractivity contribution is -0.161. The van der Waals surface area contributed by atoms with Crippen LogP contribution in [0.5, 0.6) is 0 Å². The van der Waals surface area contributed by atoms with Crippen molar-refractivity contribution in [2.75, 3.05) is 26.4 Å². The Kier molecular flexibility index (Phi) is 37.2. The second-order valence-electron chi connectivity index (χ2n) is 13.5. The minimum atomic E-state index is -4.38. The smallest absolute Gasteiger partial charge is 0.462 e. The van der Waals surface area contributed by atoms with Crippen LogP contribution in [-0.4, -0.2) is 49.3 Å². The molecule has 10 heteroatoms. The fourth-order valence-electron chi connectivity index (χ4n) is 5.33. The Morgan fingerprint density at radius 2 is 1.02 bits per heavy atom. The monoisotopic (exact) mass is 754 g/mol. The van der Waals surface area contributed by atoms with E-state index in [2.05, 4.69) is 62.5 Å². The number of nitrogens with two attached hydrogens (primary N) is 1. The number of phosphoric ester groups is 1. The van der Waals surface area contributed by atoms with Gasteiger partial charge in [0.05, 0.1) is 13.2 Å². The minimum Gasteiger partial charge on any atom is -0.462 e. The van der Waals surface area contributed by atoms with E-state index in [1.165, 1.54) is 57.8 Å². The molecule has 0 spiro atoms. The zero-order chi connectivity index (χ0) is 38.2. The SMILES string of the molecule is CCCC/C=C/C/C=C/CCCCCCCC(=O)O[C@H](COC(=O)CCCCCCCCC/C=C/C/C=C/CCCCC)COP(=O)(O)OCCN. The molecule has 2 atom stereocenters. The fourth-order valence-corrected chi connectivity index (χ4v) is 6.09. The van der Waals surface area contributed by atoms with Crippen molar-refractivity contribution < 1.29 is 37.6 Å². The van der Waals surface area contributed by atoms with Gasteiger partial charge in [-0.3, -0.25) is 18.6 Å². The molecule has 0 aromatic carbocycles. The molecule has 0 radical (unpaired) electrons. The van der Waals surface area contributed by atoms with E-state index in [0.29, 0.717) is 6.42 Å². The van der Waals surface area contributed by atoms with Crippen molar-refractivity contribution in [3.63, 3.8) is 0 Å². The number of allylic oxidation sites excluding steroid dienone is 8. The molecule has 0 aromatic heterocycles. The quantitative estimate of drug-likeness (QED) is 0.0273. The molecule has 0 saturated carbocycles. The molecule has 0 amide bonds. The molecule has 3 N–H and O–H groups in total. The standard InChI is InChI=1S/C42H76NO8P/c1-3-5-7-9-11-13-15-17-19-20-21-23-24-26-28-30-32-34-41(44)48-38-40(39-50-52(46,47)49-37-36-43)51-42(45)35-33-31-29-27-25-22-18-16-14-12-10-8-6-4-2/h10-13,16-19,40H,3-9,14-15,20-39,43H2,1-2H3,(H,46,47)/b12-10+,13-11+,18-16+,19-17+/t40-/m1/s1. The number of rotatable bonds is 38. The molecule has 1 unspecified atom stereocenters. The van der Waals surface area contributed by atoms with Crippen molar-refractivity contribution in [2.24, 2.45) is 5.73 Å². The highest BCUT2D eigenvalue weighted by atomic mass is 31.2. The summed E-state index contributed by atoms with van der Waals surface area (Å²) >= 11 is 0. The third-order valence-electron chi connectivity index (χ3n) is 8.44. The van der Waals surface area contributed by atoms with Crippen LogP contribution in [0.1, 0.15) is 174 Å². The highest BCUT2D eigenvalue weighted by Crippen LogP contribution is 2.43. The van der Waals surface area contributed by atoms with Gasteiger partial charge in [0, 0.05) is 19.4 Å². The molecular weight excluding hydrogens is 677 g/mol. The molecule has 9 nitrogen and oxygen atoms in total. The first-order valence-electron chi connectivity index (χ1n) is 20.6. The van der Waals surface area contributed by atoms with Crippen LogP contribution in [0.25, 0.3) is 0 Å². The largest absolute Gasteiger partial charge is 0.472 e. The zero-order valence-corrected chi connectivity index (χ0v) is 33.9. The van der Waals surface area contributed by atoms with Gasteiger partial charge in [0.1, 0.15) is 6.61 Å². The number of hydrogen-bond donors (Lipinski definition) is 2. The summed E-state index contributed by atoms with van der Waals surface area (Å²) in [7, 11) is -4.38. The van der Waals surface area contributed by atoms with E-state index in [1.54, 1.807) is 0 Å². The topological polar surface area (TPSA) is 134 Å². The van der Waals surface area contributed by atoms with E-state index in [-0.39, 0.29) is 32.6 Å². The number of hydrogen-bond acceptors (Lipinski definition) is 8. The third kappa shape index (κ3) is 37.7. The molecule has 0 aliphatic carbocycles. The molecule has 0 aliphatic heterocycles. The van der Waals surface area contributed by atoms with Gasteiger partial charge in [0.15, 0.2) is 6.10 Å². The Hall–Kier alpha value is -2.03. The van der Waals surface area contributed by atoms with Crippen LogP contribution in [0.2, 0.25) is 0 Å². The normalized spacial score (nSPS) is 13.8. The Balaban J connectivity index is 4.21. The van der Waals surface area contributed by atoms with Crippen LogP contribution in [0.4, 0.5) is 0 Å². The molecule has 52 heavy (non-hydrogen) atoms. The molecule has 0 fully saturated rings. The van der Waals surface area contributed by atoms with Crippen molar-refractivity contribution in [2.45, 2.75) is 180 Å². The lowest BCUT2D eigenvalue weighted by atomic mass is 10.1. The molecule has 0 bridgehead atoms. The fraction of sp³-hybridized carbons (Fsp3) is 0.762. The summed E-state index contributed by atoms with van der Waals surface area (Å²) in [5, 5.41) is 0. The first-order chi connectivity index (χ1) is 25.3. The summed E-state index contributed by atoms with van der Waals surface area (Å²) in [5.74, 6) is -0.856. The molecule has 0 aliphatic rings. The lowest BCUT2D eigenvalue weighted by Crippen LogP contribution is -2.29. The van der Waals surface area contributed by atoms with Gasteiger partial charge in [-0.15, -0.1) is 0 Å². The van der Waals surface area contributed by atoms with Crippen molar-refractivity contribution >= 4 is 19.8 Å². The molecule has 0 saturated heterocycles. The molecular formula is C42H76NO8P. The van der Waals surface area contributed by atoms with Gasteiger partial charge in [-0.2, -0.15) is 0 Å². The second kappa shape index (κ2) is 38.7. The number of unbranched alkanes of at least 4 members (excludes halogenated alkanes) is 17. The van der Waals surface area contributed by atoms with Crippen LogP contribution in [0, 0.1) is 0 Å². The van der Waals surface area contributed by atoms with Gasteiger partial charge in [-0.05, 0) is 70.6 Å². The van der Waals surface area contributed by atoms with Crippen LogP contribution < -0.4 is 5.73 Å². The van der Waals surface area contributed by atoms with E-state index < -0.39 is 32.5 Å². The summed E-state index contributed by atoms with van der Waals surface area (Å²) in [4.78, 5) is 34.8. The maximum Gasteiger partial charge on any atom is 0.472 e. The van der Waals surface area contributed by atoms with Crippen LogP contribution in [0.15, 0.2) is 48.6 Å². The predicted molar refractivity (Wildman–Crippen MR) is 215 cm³/mol. The number of ether oxygens (including phenoxy) is 2. The van der Waals surface area contributed by atoms with Gasteiger partial charge < -0.3 is 20.1 Å². The van der Waals surface area contributed by atoms with E-state index in [9.17, 15) is 19.0 Å². The predicted octanol–water partition coefficient (Wildman–Crippen LogP) is 11.6. The van der Waals surface area contributed by atoms with Gasteiger partial charge in [-0.25, -0.2) is 4.57 Å². The Bertz CT molecular complexity index is 996. The zero-order valence-electron chi connectivity index (χ0n) is 33.0. The van der Waals surface area contributed by atoms with Crippen molar-refractivity contribution in [1.82, 2.24) is 0 Å². The Morgan fingerprint density at radius 3 is 1.52 bits per heavy atom. The van der Waals surface area contributed by atoms with Gasteiger partial charge in [0.2, 0.25) is 0 Å².